The van der Waals surface area contributed by atoms with E-state index in [9.17, 15) is 4.79 Å². The van der Waals surface area contributed by atoms with Gasteiger partial charge in [0.25, 0.3) is 0 Å². The molecule has 0 aromatic rings. The molecule has 0 N–H and O–H groups in total. The molecule has 2 aliphatic rings. The zero-order valence-electron chi connectivity index (χ0n) is 10.2. The Labute approximate surface area is 92.4 Å². The molecule has 2 nitrogen and oxygen atoms in total. The lowest BCUT2D eigenvalue weighted by atomic mass is 9.62. The van der Waals surface area contributed by atoms with Gasteiger partial charge in [0.2, 0.25) is 0 Å². The third-order valence-corrected chi connectivity index (χ3v) is 4.35. The molecular formula is C13H22O2. The second kappa shape index (κ2) is 3.58. The lowest BCUT2D eigenvalue weighted by Crippen LogP contribution is -2.39. The highest BCUT2D eigenvalue weighted by Gasteiger charge is 2.56. The SMILES string of the molecule is CCC(=O)CC1C(C)C2OC2CC1(C)C. The Bertz CT molecular complexity index is 270. The van der Waals surface area contributed by atoms with E-state index in [1.807, 2.05) is 6.92 Å². The fourth-order valence-corrected chi connectivity index (χ4v) is 3.25. The van der Waals surface area contributed by atoms with E-state index < -0.39 is 0 Å². The topological polar surface area (TPSA) is 29.6 Å². The maximum absolute atomic E-state index is 11.6. The van der Waals surface area contributed by atoms with Gasteiger partial charge in [0, 0.05) is 12.8 Å². The molecule has 1 heterocycles. The quantitative estimate of drug-likeness (QED) is 0.670. The van der Waals surface area contributed by atoms with Crippen LogP contribution in [-0.2, 0) is 9.53 Å². The number of fused-ring (bicyclic) bond motifs is 1. The van der Waals surface area contributed by atoms with E-state index in [2.05, 4.69) is 20.8 Å². The maximum Gasteiger partial charge on any atom is 0.132 e. The Hall–Kier alpha value is -0.370. The second-order valence-corrected chi connectivity index (χ2v) is 5.89. The first-order chi connectivity index (χ1) is 6.95. The molecule has 2 rings (SSSR count). The van der Waals surface area contributed by atoms with Crippen molar-refractivity contribution in [1.29, 1.82) is 0 Å². The van der Waals surface area contributed by atoms with Gasteiger partial charge in [-0.3, -0.25) is 4.79 Å². The Morgan fingerprint density at radius 3 is 2.73 bits per heavy atom. The summed E-state index contributed by atoms with van der Waals surface area (Å²) in [6, 6.07) is 0. The van der Waals surface area contributed by atoms with E-state index in [0.29, 0.717) is 36.2 Å². The van der Waals surface area contributed by atoms with Crippen molar-refractivity contribution in [2.45, 2.75) is 59.2 Å². The molecule has 15 heavy (non-hydrogen) atoms. The molecule has 1 aliphatic carbocycles. The van der Waals surface area contributed by atoms with Crippen LogP contribution in [0.5, 0.6) is 0 Å². The molecule has 1 saturated carbocycles. The van der Waals surface area contributed by atoms with Crippen LogP contribution in [0.25, 0.3) is 0 Å². The summed E-state index contributed by atoms with van der Waals surface area (Å²) in [6.07, 6.45) is 3.49. The van der Waals surface area contributed by atoms with Crippen LogP contribution in [0.3, 0.4) is 0 Å². The second-order valence-electron chi connectivity index (χ2n) is 5.89. The number of carbonyl (C=O) groups excluding carboxylic acids is 1. The van der Waals surface area contributed by atoms with Crippen LogP contribution < -0.4 is 0 Å². The van der Waals surface area contributed by atoms with E-state index in [0.717, 1.165) is 12.8 Å². The fourth-order valence-electron chi connectivity index (χ4n) is 3.25. The van der Waals surface area contributed by atoms with Crippen molar-refractivity contribution in [2.24, 2.45) is 17.3 Å². The molecule has 86 valence electrons. The predicted molar refractivity (Wildman–Crippen MR) is 59.6 cm³/mol. The molecule has 0 aromatic carbocycles. The van der Waals surface area contributed by atoms with Gasteiger partial charge in [-0.25, -0.2) is 0 Å². The van der Waals surface area contributed by atoms with Crippen molar-refractivity contribution >= 4 is 5.78 Å². The van der Waals surface area contributed by atoms with Gasteiger partial charge in [-0.05, 0) is 23.7 Å². The molecule has 0 bridgehead atoms. The fraction of sp³-hybridized carbons (Fsp3) is 0.923. The van der Waals surface area contributed by atoms with Gasteiger partial charge in [-0.15, -0.1) is 0 Å². The zero-order chi connectivity index (χ0) is 11.2. The summed E-state index contributed by atoms with van der Waals surface area (Å²) in [5, 5.41) is 0. The summed E-state index contributed by atoms with van der Waals surface area (Å²) in [4.78, 5) is 11.6. The van der Waals surface area contributed by atoms with Crippen LogP contribution in [0.1, 0.15) is 47.0 Å². The number of carbonyl (C=O) groups is 1. The number of rotatable bonds is 3. The van der Waals surface area contributed by atoms with Gasteiger partial charge in [0.15, 0.2) is 0 Å². The third kappa shape index (κ3) is 1.96. The molecule has 0 aromatic heterocycles. The largest absolute Gasteiger partial charge is 0.369 e. The van der Waals surface area contributed by atoms with Crippen LogP contribution in [0.2, 0.25) is 0 Å². The van der Waals surface area contributed by atoms with E-state index in [-0.39, 0.29) is 5.41 Å². The van der Waals surface area contributed by atoms with Crippen molar-refractivity contribution in [2.75, 3.05) is 0 Å². The summed E-state index contributed by atoms with van der Waals surface area (Å²) in [6.45, 7) is 8.78. The van der Waals surface area contributed by atoms with E-state index in [1.165, 1.54) is 0 Å². The number of epoxide rings is 1. The lowest BCUT2D eigenvalue weighted by molar-refractivity contribution is -0.121. The summed E-state index contributed by atoms with van der Waals surface area (Å²) < 4.78 is 5.66. The van der Waals surface area contributed by atoms with Gasteiger partial charge in [0.1, 0.15) is 5.78 Å². The minimum atomic E-state index is 0.266. The van der Waals surface area contributed by atoms with Gasteiger partial charge in [0.05, 0.1) is 12.2 Å². The number of hydrogen-bond acceptors (Lipinski definition) is 2. The van der Waals surface area contributed by atoms with Crippen LogP contribution in [0.4, 0.5) is 0 Å². The van der Waals surface area contributed by atoms with Crippen LogP contribution in [0.15, 0.2) is 0 Å². The smallest absolute Gasteiger partial charge is 0.132 e. The Kier molecular flexibility index (Phi) is 2.66. The lowest BCUT2D eigenvalue weighted by Gasteiger charge is -2.40. The minimum Gasteiger partial charge on any atom is -0.369 e. The monoisotopic (exact) mass is 210 g/mol. The molecule has 4 atom stereocenters. The van der Waals surface area contributed by atoms with E-state index >= 15 is 0 Å². The Morgan fingerprint density at radius 2 is 2.13 bits per heavy atom. The summed E-state index contributed by atoms with van der Waals surface area (Å²) in [5.74, 6) is 1.46. The van der Waals surface area contributed by atoms with Crippen LogP contribution in [0, 0.1) is 17.3 Å². The van der Waals surface area contributed by atoms with Crippen molar-refractivity contribution in [1.82, 2.24) is 0 Å². The zero-order valence-corrected chi connectivity index (χ0v) is 10.2. The molecule has 4 unspecified atom stereocenters. The Morgan fingerprint density at radius 1 is 1.47 bits per heavy atom. The summed E-state index contributed by atoms with van der Waals surface area (Å²) in [7, 11) is 0. The molecule has 0 radical (unpaired) electrons. The van der Waals surface area contributed by atoms with Crippen LogP contribution in [-0.4, -0.2) is 18.0 Å². The molecule has 1 saturated heterocycles. The van der Waals surface area contributed by atoms with E-state index in [4.69, 9.17) is 4.74 Å². The van der Waals surface area contributed by atoms with Gasteiger partial charge in [-0.1, -0.05) is 27.7 Å². The van der Waals surface area contributed by atoms with Crippen molar-refractivity contribution < 1.29 is 9.53 Å². The van der Waals surface area contributed by atoms with Crippen LogP contribution >= 0.6 is 0 Å². The van der Waals surface area contributed by atoms with Gasteiger partial charge >= 0.3 is 0 Å². The Balaban J connectivity index is 2.08. The summed E-state index contributed by atoms with van der Waals surface area (Å²) in [5.41, 5.74) is 0.266. The third-order valence-electron chi connectivity index (χ3n) is 4.35. The molecule has 0 spiro atoms. The first-order valence-electron chi connectivity index (χ1n) is 6.13. The average molecular weight is 210 g/mol. The number of ketones is 1. The molecule has 1 aliphatic heterocycles. The highest BCUT2D eigenvalue weighted by Crippen LogP contribution is 2.53. The molecular weight excluding hydrogens is 188 g/mol. The van der Waals surface area contributed by atoms with Gasteiger partial charge in [-0.2, -0.15) is 0 Å². The van der Waals surface area contributed by atoms with Crippen molar-refractivity contribution in [3.8, 4) is 0 Å². The van der Waals surface area contributed by atoms with Gasteiger partial charge < -0.3 is 4.74 Å². The summed E-state index contributed by atoms with van der Waals surface area (Å²) >= 11 is 0. The minimum absolute atomic E-state index is 0.266. The predicted octanol–water partition coefficient (Wildman–Crippen LogP) is 2.81. The van der Waals surface area contributed by atoms with Crippen molar-refractivity contribution in [3.05, 3.63) is 0 Å². The highest BCUT2D eigenvalue weighted by molar-refractivity contribution is 5.78. The number of Topliss-reactive ketones (excluding diaryl/α,β-unsaturated/α-hetero) is 1. The number of ether oxygens (including phenoxy) is 1. The standard InChI is InChI=1S/C13H22O2/c1-5-9(14)6-10-8(2)12-11(15-12)7-13(10,3)4/h8,10-12H,5-7H2,1-4H3. The number of hydrogen-bond donors (Lipinski definition) is 0. The van der Waals surface area contributed by atoms with Crippen molar-refractivity contribution in [3.63, 3.8) is 0 Å². The molecule has 0 amide bonds. The first kappa shape index (κ1) is 11.1. The molecule has 2 heteroatoms. The first-order valence-corrected chi connectivity index (χ1v) is 6.13. The van der Waals surface area contributed by atoms with E-state index in [1.54, 1.807) is 0 Å². The maximum atomic E-state index is 11.6. The average Bonchev–Trinajstić information content (AvgIpc) is 2.89. The highest BCUT2D eigenvalue weighted by atomic mass is 16.6. The normalized spacial score (nSPS) is 42.1. The molecule has 2 fully saturated rings.